The minimum atomic E-state index is -0.442. The van der Waals surface area contributed by atoms with Gasteiger partial charge in [0, 0.05) is 17.3 Å². The minimum Gasteiger partial charge on any atom is -0.368 e. The van der Waals surface area contributed by atoms with E-state index in [0.717, 1.165) is 0 Å². The van der Waals surface area contributed by atoms with E-state index >= 15 is 0 Å². The third-order valence-corrected chi connectivity index (χ3v) is 3.28. The number of nitrogen functional groups attached to an aromatic ring is 1. The van der Waals surface area contributed by atoms with Gasteiger partial charge in [0.2, 0.25) is 11.7 Å². The molecule has 0 atom stereocenters. The van der Waals surface area contributed by atoms with Gasteiger partial charge in [-0.3, -0.25) is 4.79 Å². The van der Waals surface area contributed by atoms with E-state index in [9.17, 15) is 13.6 Å². The maximum absolute atomic E-state index is 13.1. The van der Waals surface area contributed by atoms with Crippen LogP contribution in [0.25, 0.3) is 11.1 Å². The molecule has 1 heterocycles. The third kappa shape index (κ3) is 3.06. The molecule has 0 radical (unpaired) electrons. The second kappa shape index (κ2) is 5.92. The van der Waals surface area contributed by atoms with Gasteiger partial charge in [-0.1, -0.05) is 12.1 Å². The van der Waals surface area contributed by atoms with Gasteiger partial charge >= 0.3 is 0 Å². The van der Waals surface area contributed by atoms with Gasteiger partial charge in [0.15, 0.2) is 0 Å². The van der Waals surface area contributed by atoms with Crippen molar-refractivity contribution in [1.29, 1.82) is 0 Å². The highest BCUT2D eigenvalue weighted by atomic mass is 19.1. The van der Waals surface area contributed by atoms with Crippen LogP contribution in [0.3, 0.4) is 0 Å². The van der Waals surface area contributed by atoms with Crippen molar-refractivity contribution in [1.82, 2.24) is 9.97 Å². The van der Waals surface area contributed by atoms with E-state index in [1.165, 1.54) is 54.7 Å². The van der Waals surface area contributed by atoms with Crippen molar-refractivity contribution >= 4 is 11.7 Å². The molecule has 0 saturated heterocycles. The first-order valence-corrected chi connectivity index (χ1v) is 6.73. The number of aromatic nitrogens is 2. The van der Waals surface area contributed by atoms with Crippen molar-refractivity contribution < 1.29 is 13.6 Å². The highest BCUT2D eigenvalue weighted by Crippen LogP contribution is 2.24. The van der Waals surface area contributed by atoms with Gasteiger partial charge in [-0.15, -0.1) is 0 Å². The van der Waals surface area contributed by atoms with Crippen molar-refractivity contribution in [2.24, 2.45) is 0 Å². The van der Waals surface area contributed by atoms with Crippen LogP contribution in [0.15, 0.2) is 54.7 Å². The molecule has 6 heteroatoms. The second-order valence-corrected chi connectivity index (χ2v) is 4.83. The number of halogens is 2. The van der Waals surface area contributed by atoms with Crippen LogP contribution in [-0.4, -0.2) is 15.8 Å². The summed E-state index contributed by atoms with van der Waals surface area (Å²) in [4.78, 5) is 20.5. The molecule has 3 rings (SSSR count). The average molecular weight is 311 g/mol. The molecule has 0 saturated carbocycles. The Bertz CT molecular complexity index is 862. The molecule has 23 heavy (non-hydrogen) atoms. The van der Waals surface area contributed by atoms with E-state index in [4.69, 9.17) is 5.73 Å². The van der Waals surface area contributed by atoms with E-state index in [2.05, 4.69) is 9.97 Å². The Morgan fingerprint density at radius 2 is 1.48 bits per heavy atom. The quantitative estimate of drug-likeness (QED) is 0.754. The highest BCUT2D eigenvalue weighted by molar-refractivity contribution is 6.11. The lowest BCUT2D eigenvalue weighted by molar-refractivity contribution is 0.103. The average Bonchev–Trinajstić information content (AvgIpc) is 2.56. The molecule has 0 amide bonds. The van der Waals surface area contributed by atoms with Crippen LogP contribution in [-0.2, 0) is 0 Å². The Morgan fingerprint density at radius 1 is 0.913 bits per heavy atom. The van der Waals surface area contributed by atoms with E-state index in [1.807, 2.05) is 0 Å². The Hall–Kier alpha value is -3.15. The molecule has 0 spiro atoms. The molecule has 2 aromatic carbocycles. The van der Waals surface area contributed by atoms with Crippen molar-refractivity contribution in [3.05, 3.63) is 77.6 Å². The summed E-state index contributed by atoms with van der Waals surface area (Å²) < 4.78 is 26.1. The van der Waals surface area contributed by atoms with Crippen LogP contribution >= 0.6 is 0 Å². The first-order chi connectivity index (χ1) is 11.0. The van der Waals surface area contributed by atoms with Gasteiger partial charge in [-0.25, -0.2) is 18.7 Å². The topological polar surface area (TPSA) is 68.9 Å². The smallest absolute Gasteiger partial charge is 0.220 e. The van der Waals surface area contributed by atoms with Crippen LogP contribution in [0.4, 0.5) is 14.7 Å². The summed E-state index contributed by atoms with van der Waals surface area (Å²) in [7, 11) is 0. The molecule has 2 N–H and O–H groups in total. The normalized spacial score (nSPS) is 10.5. The number of hydrogen-bond donors (Lipinski definition) is 1. The largest absolute Gasteiger partial charge is 0.368 e. The number of ketones is 1. The van der Waals surface area contributed by atoms with Crippen LogP contribution < -0.4 is 5.73 Å². The predicted octanol–water partition coefficient (Wildman–Crippen LogP) is 3.24. The maximum Gasteiger partial charge on any atom is 0.220 e. The Labute approximate surface area is 130 Å². The molecule has 1 aromatic heterocycles. The third-order valence-electron chi connectivity index (χ3n) is 3.28. The second-order valence-electron chi connectivity index (χ2n) is 4.83. The first-order valence-electron chi connectivity index (χ1n) is 6.73. The maximum atomic E-state index is 13.1. The Balaban J connectivity index is 2.10. The van der Waals surface area contributed by atoms with Crippen molar-refractivity contribution in [2.75, 3.05) is 5.73 Å². The lowest BCUT2D eigenvalue weighted by atomic mass is 10.00. The number of rotatable bonds is 3. The minimum absolute atomic E-state index is 0.0543. The van der Waals surface area contributed by atoms with E-state index in [-0.39, 0.29) is 17.2 Å². The fourth-order valence-corrected chi connectivity index (χ4v) is 2.15. The summed E-state index contributed by atoms with van der Waals surface area (Å²) in [5, 5.41) is 0. The molecular formula is C17H11F2N3O. The molecule has 0 unspecified atom stereocenters. The molecule has 0 aliphatic rings. The molecule has 114 valence electrons. The van der Waals surface area contributed by atoms with Crippen molar-refractivity contribution in [3.63, 3.8) is 0 Å². The van der Waals surface area contributed by atoms with E-state index < -0.39 is 17.4 Å². The Morgan fingerprint density at radius 3 is 2.09 bits per heavy atom. The Kier molecular flexibility index (Phi) is 3.80. The van der Waals surface area contributed by atoms with Gasteiger partial charge in [0.05, 0.1) is 0 Å². The number of carbonyl (C=O) groups is 1. The standard InChI is InChI=1S/C17H11F2N3O/c18-12-5-1-10(2-6-12)14-9-21-17(20)22-15(14)16(23)11-3-7-13(19)8-4-11/h1-9H,(H2,20,21,22). The van der Waals surface area contributed by atoms with Gasteiger partial charge < -0.3 is 5.73 Å². The summed E-state index contributed by atoms with van der Waals surface area (Å²) in [5.74, 6) is -1.31. The van der Waals surface area contributed by atoms with Crippen LogP contribution in [0.1, 0.15) is 16.1 Å². The van der Waals surface area contributed by atoms with E-state index in [0.29, 0.717) is 11.1 Å². The number of nitrogens with two attached hydrogens (primary N) is 1. The van der Waals surface area contributed by atoms with Crippen LogP contribution in [0.5, 0.6) is 0 Å². The number of anilines is 1. The zero-order valence-corrected chi connectivity index (χ0v) is 11.8. The van der Waals surface area contributed by atoms with Gasteiger partial charge in [0.25, 0.3) is 0 Å². The van der Waals surface area contributed by atoms with Gasteiger partial charge in [-0.2, -0.15) is 0 Å². The molecule has 0 aliphatic heterocycles. The number of carbonyl (C=O) groups excluding carboxylic acids is 1. The predicted molar refractivity (Wildman–Crippen MR) is 81.7 cm³/mol. The first kappa shape index (κ1) is 14.8. The number of hydrogen-bond acceptors (Lipinski definition) is 4. The molecular weight excluding hydrogens is 300 g/mol. The summed E-state index contributed by atoms with van der Waals surface area (Å²) in [6.07, 6.45) is 1.41. The molecule has 0 aliphatic carbocycles. The summed E-state index contributed by atoms with van der Waals surface area (Å²) in [5.41, 5.74) is 6.93. The highest BCUT2D eigenvalue weighted by Gasteiger charge is 2.18. The van der Waals surface area contributed by atoms with Gasteiger partial charge in [-0.05, 0) is 42.0 Å². The zero-order chi connectivity index (χ0) is 16.4. The lowest BCUT2D eigenvalue weighted by Crippen LogP contribution is -2.09. The summed E-state index contributed by atoms with van der Waals surface area (Å²) in [6.45, 7) is 0. The van der Waals surface area contributed by atoms with Crippen molar-refractivity contribution in [2.45, 2.75) is 0 Å². The van der Waals surface area contributed by atoms with Crippen molar-refractivity contribution in [3.8, 4) is 11.1 Å². The fourth-order valence-electron chi connectivity index (χ4n) is 2.15. The molecule has 4 nitrogen and oxygen atoms in total. The van der Waals surface area contributed by atoms with E-state index in [1.54, 1.807) is 0 Å². The molecule has 3 aromatic rings. The monoisotopic (exact) mass is 311 g/mol. The summed E-state index contributed by atoms with van der Waals surface area (Å²) >= 11 is 0. The number of benzene rings is 2. The number of nitrogens with zero attached hydrogens (tertiary/aromatic N) is 2. The molecule has 0 fully saturated rings. The van der Waals surface area contributed by atoms with Gasteiger partial charge in [0.1, 0.15) is 17.3 Å². The van der Waals surface area contributed by atoms with Crippen LogP contribution in [0.2, 0.25) is 0 Å². The SMILES string of the molecule is Nc1ncc(-c2ccc(F)cc2)c(C(=O)c2ccc(F)cc2)n1. The summed E-state index contributed by atoms with van der Waals surface area (Å²) in [6, 6.07) is 10.7. The molecule has 0 bridgehead atoms. The lowest BCUT2D eigenvalue weighted by Gasteiger charge is -2.08. The zero-order valence-electron chi connectivity index (χ0n) is 11.8. The van der Waals surface area contributed by atoms with Crippen LogP contribution in [0, 0.1) is 11.6 Å². The fraction of sp³-hybridized carbons (Fsp3) is 0.